The fraction of sp³-hybridized carbons (Fsp3) is 0.409. The molecule has 0 aromatic heterocycles. The van der Waals surface area contributed by atoms with E-state index >= 15 is 0 Å². The Morgan fingerprint density at radius 2 is 1.58 bits per heavy atom. The molecule has 0 amide bonds. The van der Waals surface area contributed by atoms with Crippen LogP contribution in [0.3, 0.4) is 0 Å². The van der Waals surface area contributed by atoms with Crippen LogP contribution in [-0.4, -0.2) is 33.5 Å². The second-order valence-corrected chi connectivity index (χ2v) is 5.75. The Bertz CT molecular complexity index is 524. The third-order valence-electron chi connectivity index (χ3n) is 3.28. The van der Waals surface area contributed by atoms with Crippen LogP contribution in [0.25, 0.3) is 0 Å². The molecule has 0 fully saturated rings. The quantitative estimate of drug-likeness (QED) is 0.242. The number of carboxylic acids is 1. The number of aliphatic hydroxyl groups is 2. The van der Waals surface area contributed by atoms with E-state index < -0.39 is 18.2 Å². The number of hydrogen-bond donors (Lipinski definition) is 3. The summed E-state index contributed by atoms with van der Waals surface area (Å²) in [6.07, 6.45) is 24.9. The van der Waals surface area contributed by atoms with Crippen LogP contribution >= 0.6 is 0 Å². The van der Waals surface area contributed by atoms with Crippen LogP contribution in [-0.2, 0) is 4.79 Å². The second-order valence-electron chi connectivity index (χ2n) is 5.75. The van der Waals surface area contributed by atoms with E-state index in [0.717, 1.165) is 12.8 Å². The second kappa shape index (κ2) is 17.6. The highest BCUT2D eigenvalue weighted by Gasteiger charge is 1.94. The number of unbranched alkanes of at least 4 members (excludes halogenated alkanes) is 1. The van der Waals surface area contributed by atoms with E-state index in [9.17, 15) is 15.0 Å². The molecule has 0 radical (unpaired) electrons. The molecule has 0 aromatic carbocycles. The van der Waals surface area contributed by atoms with Gasteiger partial charge in [0, 0.05) is 6.42 Å². The molecule has 0 spiro atoms. The molecule has 0 aliphatic carbocycles. The molecule has 4 nitrogen and oxygen atoms in total. The van der Waals surface area contributed by atoms with Crippen LogP contribution in [0.15, 0.2) is 72.9 Å². The third-order valence-corrected chi connectivity index (χ3v) is 3.28. The molecule has 0 aliphatic heterocycles. The van der Waals surface area contributed by atoms with Crippen molar-refractivity contribution in [3.8, 4) is 0 Å². The molecule has 0 saturated heterocycles. The summed E-state index contributed by atoms with van der Waals surface area (Å²) in [5.74, 6) is -0.797. The first-order valence-corrected chi connectivity index (χ1v) is 9.12. The van der Waals surface area contributed by atoms with Crippen molar-refractivity contribution in [2.24, 2.45) is 0 Å². The van der Waals surface area contributed by atoms with Crippen molar-refractivity contribution in [2.45, 2.75) is 57.7 Å². The van der Waals surface area contributed by atoms with Crippen molar-refractivity contribution in [1.82, 2.24) is 0 Å². The van der Waals surface area contributed by atoms with Gasteiger partial charge in [0.15, 0.2) is 0 Å². The number of carboxylic acid groups (broad SMARTS) is 1. The SMILES string of the molecule is CC/C=C\CC(O)/C=C/C=C\C/C=C\C=C\[C@@H](O)/C=C\CCCC(=O)O. The molecule has 0 bridgehead atoms. The van der Waals surface area contributed by atoms with Gasteiger partial charge in [-0.3, -0.25) is 4.79 Å². The lowest BCUT2D eigenvalue weighted by molar-refractivity contribution is -0.137. The van der Waals surface area contributed by atoms with Crippen molar-refractivity contribution in [2.75, 3.05) is 0 Å². The van der Waals surface area contributed by atoms with Gasteiger partial charge in [0.1, 0.15) is 0 Å². The van der Waals surface area contributed by atoms with Gasteiger partial charge in [0.25, 0.3) is 0 Å². The van der Waals surface area contributed by atoms with Crippen molar-refractivity contribution in [3.63, 3.8) is 0 Å². The zero-order valence-corrected chi connectivity index (χ0v) is 15.6. The number of aliphatic carboxylic acids is 1. The molecule has 0 aliphatic rings. The van der Waals surface area contributed by atoms with Crippen LogP contribution < -0.4 is 0 Å². The molecule has 4 heteroatoms. The Kier molecular flexibility index (Phi) is 16.2. The Hall–Kier alpha value is -2.17. The minimum absolute atomic E-state index is 0.149. The van der Waals surface area contributed by atoms with Crippen molar-refractivity contribution < 1.29 is 20.1 Å². The lowest BCUT2D eigenvalue weighted by Crippen LogP contribution is -1.98. The first-order valence-electron chi connectivity index (χ1n) is 9.12. The standard InChI is InChI=1S/C22H32O4/c1-2-3-10-15-20(23)16-11-7-5-4-6-8-12-17-21(24)18-13-9-14-19-22(25)26/h3,5-8,10-13,16-18,20-21,23-24H,2,4,9,14-15,19H2,1H3,(H,25,26)/b7-5-,8-6-,10-3-,16-11+,17-12+,18-13-/t20?,21-/m1/s1. The third kappa shape index (κ3) is 18.2. The normalized spacial score (nSPS) is 15.5. The van der Waals surface area contributed by atoms with Crippen LogP contribution in [0.2, 0.25) is 0 Å². The van der Waals surface area contributed by atoms with Crippen LogP contribution in [0.1, 0.15) is 45.4 Å². The van der Waals surface area contributed by atoms with Gasteiger partial charge in [0.2, 0.25) is 0 Å². The first-order chi connectivity index (χ1) is 12.6. The maximum Gasteiger partial charge on any atom is 0.303 e. The molecule has 1 unspecified atom stereocenters. The van der Waals surface area contributed by atoms with Crippen LogP contribution in [0, 0.1) is 0 Å². The molecule has 2 atom stereocenters. The number of carbonyl (C=O) groups is 1. The molecule has 0 saturated carbocycles. The Morgan fingerprint density at radius 3 is 2.23 bits per heavy atom. The lowest BCUT2D eigenvalue weighted by Gasteiger charge is -1.98. The van der Waals surface area contributed by atoms with Crippen LogP contribution in [0.5, 0.6) is 0 Å². The Morgan fingerprint density at radius 1 is 0.885 bits per heavy atom. The van der Waals surface area contributed by atoms with E-state index in [1.54, 1.807) is 30.4 Å². The van der Waals surface area contributed by atoms with Gasteiger partial charge in [-0.15, -0.1) is 0 Å². The van der Waals surface area contributed by atoms with E-state index in [2.05, 4.69) is 6.92 Å². The van der Waals surface area contributed by atoms with Crippen molar-refractivity contribution >= 4 is 5.97 Å². The predicted octanol–water partition coefficient (Wildman–Crippen LogP) is 4.49. The van der Waals surface area contributed by atoms with Gasteiger partial charge in [-0.2, -0.15) is 0 Å². The summed E-state index contributed by atoms with van der Waals surface area (Å²) in [6, 6.07) is 0. The van der Waals surface area contributed by atoms with E-state index in [1.807, 2.05) is 42.5 Å². The lowest BCUT2D eigenvalue weighted by atomic mass is 10.2. The number of allylic oxidation sites excluding steroid dienone is 8. The zero-order chi connectivity index (χ0) is 19.5. The highest BCUT2D eigenvalue weighted by molar-refractivity contribution is 5.66. The van der Waals surface area contributed by atoms with Gasteiger partial charge in [-0.25, -0.2) is 0 Å². The summed E-state index contributed by atoms with van der Waals surface area (Å²) < 4.78 is 0. The average molecular weight is 360 g/mol. The summed E-state index contributed by atoms with van der Waals surface area (Å²) in [7, 11) is 0. The predicted molar refractivity (Wildman–Crippen MR) is 108 cm³/mol. The molecule has 0 heterocycles. The molecular formula is C22H32O4. The minimum Gasteiger partial charge on any atom is -0.481 e. The fourth-order valence-electron chi connectivity index (χ4n) is 1.92. The Balaban J connectivity index is 3.87. The van der Waals surface area contributed by atoms with E-state index in [4.69, 9.17) is 5.11 Å². The summed E-state index contributed by atoms with van der Waals surface area (Å²) in [5.41, 5.74) is 0. The molecule has 26 heavy (non-hydrogen) atoms. The summed E-state index contributed by atoms with van der Waals surface area (Å²) >= 11 is 0. The van der Waals surface area contributed by atoms with Gasteiger partial charge in [-0.05, 0) is 32.1 Å². The highest BCUT2D eigenvalue weighted by Crippen LogP contribution is 1.99. The molecule has 0 aromatic rings. The number of hydrogen-bond acceptors (Lipinski definition) is 3. The van der Waals surface area contributed by atoms with Gasteiger partial charge in [0.05, 0.1) is 12.2 Å². The molecular weight excluding hydrogens is 328 g/mol. The number of rotatable bonds is 14. The van der Waals surface area contributed by atoms with Gasteiger partial charge in [-0.1, -0.05) is 79.8 Å². The van der Waals surface area contributed by atoms with E-state index in [0.29, 0.717) is 19.3 Å². The van der Waals surface area contributed by atoms with Crippen molar-refractivity contribution in [3.05, 3.63) is 72.9 Å². The smallest absolute Gasteiger partial charge is 0.303 e. The maximum atomic E-state index is 10.3. The van der Waals surface area contributed by atoms with Gasteiger partial charge >= 0.3 is 5.97 Å². The zero-order valence-electron chi connectivity index (χ0n) is 15.6. The highest BCUT2D eigenvalue weighted by atomic mass is 16.4. The monoisotopic (exact) mass is 360 g/mol. The minimum atomic E-state index is -0.797. The molecule has 3 N–H and O–H groups in total. The summed E-state index contributed by atoms with van der Waals surface area (Å²) in [5, 5.41) is 27.9. The largest absolute Gasteiger partial charge is 0.481 e. The van der Waals surface area contributed by atoms with Crippen molar-refractivity contribution in [1.29, 1.82) is 0 Å². The molecule has 144 valence electrons. The average Bonchev–Trinajstić information content (AvgIpc) is 2.60. The first kappa shape index (κ1) is 23.8. The number of aliphatic hydroxyl groups excluding tert-OH is 2. The summed E-state index contributed by atoms with van der Waals surface area (Å²) in [6.45, 7) is 2.06. The maximum absolute atomic E-state index is 10.3. The fourth-order valence-corrected chi connectivity index (χ4v) is 1.92. The summed E-state index contributed by atoms with van der Waals surface area (Å²) in [4.78, 5) is 10.3. The van der Waals surface area contributed by atoms with E-state index in [-0.39, 0.29) is 6.42 Å². The van der Waals surface area contributed by atoms with Gasteiger partial charge < -0.3 is 15.3 Å². The topological polar surface area (TPSA) is 77.8 Å². The van der Waals surface area contributed by atoms with E-state index in [1.165, 1.54) is 0 Å². The Labute approximate surface area is 157 Å². The van der Waals surface area contributed by atoms with Crippen LogP contribution in [0.4, 0.5) is 0 Å². The molecule has 0 rings (SSSR count).